The second-order valence-electron chi connectivity index (χ2n) is 20.8. The number of nitrogens with zero attached hydrogens (tertiary/aromatic N) is 2. The Kier molecular flexibility index (Phi) is 11.1. The third-order valence-corrected chi connectivity index (χ3v) is 16.5. The molecule has 13 aromatic carbocycles. The predicted octanol–water partition coefficient (Wildman–Crippen LogP) is 20.4. The maximum atomic E-state index is 2.46. The van der Waals surface area contributed by atoms with Crippen LogP contribution in [0, 0.1) is 0 Å². The molecule has 0 bridgehead atoms. The van der Waals surface area contributed by atoms with Gasteiger partial charge < -0.3 is 9.47 Å². The molecule has 79 heavy (non-hydrogen) atoms. The van der Waals surface area contributed by atoms with Crippen molar-refractivity contribution in [3.8, 4) is 61.3 Å². The van der Waals surface area contributed by atoms with E-state index in [1.807, 2.05) is 0 Å². The molecule has 1 aromatic heterocycles. The van der Waals surface area contributed by atoms with Crippen molar-refractivity contribution < 1.29 is 0 Å². The largest absolute Gasteiger partial charge is 0.310 e. The lowest BCUT2D eigenvalue weighted by molar-refractivity contribution is 0.768. The summed E-state index contributed by atoms with van der Waals surface area (Å²) in [6.45, 7) is 0. The number of fused-ring (bicyclic) bond motifs is 7. The molecule has 0 amide bonds. The molecule has 2 heteroatoms. The summed E-state index contributed by atoms with van der Waals surface area (Å²) in [5.41, 5.74) is 23.4. The van der Waals surface area contributed by atoms with Gasteiger partial charge in [-0.1, -0.05) is 243 Å². The Morgan fingerprint density at radius 3 is 1.46 bits per heavy atom. The molecule has 1 aliphatic rings. The van der Waals surface area contributed by atoms with E-state index in [4.69, 9.17) is 0 Å². The van der Waals surface area contributed by atoms with Gasteiger partial charge >= 0.3 is 0 Å². The molecule has 0 saturated carbocycles. The van der Waals surface area contributed by atoms with Gasteiger partial charge in [0.25, 0.3) is 0 Å². The van der Waals surface area contributed by atoms with Crippen LogP contribution in [0.3, 0.4) is 0 Å². The molecule has 370 valence electrons. The minimum Gasteiger partial charge on any atom is -0.310 e. The van der Waals surface area contributed by atoms with Gasteiger partial charge in [-0.3, -0.25) is 0 Å². The van der Waals surface area contributed by atoms with Crippen molar-refractivity contribution in [2.45, 2.75) is 5.41 Å². The van der Waals surface area contributed by atoms with Crippen LogP contribution in [0.15, 0.2) is 315 Å². The van der Waals surface area contributed by atoms with Crippen LogP contribution in [-0.2, 0) is 5.41 Å². The number of rotatable bonds is 10. The van der Waals surface area contributed by atoms with Crippen LogP contribution >= 0.6 is 0 Å². The summed E-state index contributed by atoms with van der Waals surface area (Å²) < 4.78 is 2.40. The summed E-state index contributed by atoms with van der Waals surface area (Å²) in [5.74, 6) is 0. The highest BCUT2D eigenvalue weighted by Crippen LogP contribution is 2.57. The van der Waals surface area contributed by atoms with Crippen LogP contribution in [0.1, 0.15) is 22.3 Å². The van der Waals surface area contributed by atoms with Crippen molar-refractivity contribution in [2.24, 2.45) is 0 Å². The standard InChI is InChI=1S/C77H52N2/c1-4-18-53(19-5-1)54-34-43-65(44-35-54)79-75-33-15-13-30-71(75)72-51-60(40-49-76(72)79)59-23-16-22-58(50-59)55-36-41-63(42-37-55)78(64-45-38-57(39-46-64)68-31-17-21-56-20-10-11-28-67(56)68)66-47-48-70-69-29-12-14-32-73(69)77(74(70)52-66,61-24-6-2-7-25-61)62-26-8-3-9-27-62/h1-52H. The Labute approximate surface area is 461 Å². The van der Waals surface area contributed by atoms with E-state index in [0.29, 0.717) is 0 Å². The first-order valence-corrected chi connectivity index (χ1v) is 27.3. The van der Waals surface area contributed by atoms with Crippen molar-refractivity contribution in [3.05, 3.63) is 338 Å². The lowest BCUT2D eigenvalue weighted by Gasteiger charge is -2.35. The van der Waals surface area contributed by atoms with Crippen LogP contribution < -0.4 is 4.90 Å². The van der Waals surface area contributed by atoms with Crippen LogP contribution in [0.2, 0.25) is 0 Å². The zero-order valence-corrected chi connectivity index (χ0v) is 43.4. The summed E-state index contributed by atoms with van der Waals surface area (Å²) in [5, 5.41) is 4.96. The van der Waals surface area contributed by atoms with Gasteiger partial charge in [-0.05, 0) is 161 Å². The van der Waals surface area contributed by atoms with Crippen LogP contribution in [-0.4, -0.2) is 4.57 Å². The lowest BCUT2D eigenvalue weighted by Crippen LogP contribution is -2.28. The molecule has 0 spiro atoms. The van der Waals surface area contributed by atoms with Gasteiger partial charge in [0.1, 0.15) is 0 Å². The third-order valence-electron chi connectivity index (χ3n) is 16.5. The summed E-state index contributed by atoms with van der Waals surface area (Å²) in [7, 11) is 0. The number of aromatic nitrogens is 1. The molecule has 0 N–H and O–H groups in total. The van der Waals surface area contributed by atoms with Crippen LogP contribution in [0.4, 0.5) is 17.1 Å². The lowest BCUT2D eigenvalue weighted by atomic mass is 9.67. The first-order chi connectivity index (χ1) is 39.2. The smallest absolute Gasteiger partial charge is 0.0714 e. The minimum absolute atomic E-state index is 0.528. The molecule has 0 aliphatic heterocycles. The number of para-hydroxylation sites is 1. The molecule has 2 nitrogen and oxygen atoms in total. The van der Waals surface area contributed by atoms with Crippen molar-refractivity contribution in [1.29, 1.82) is 0 Å². The SMILES string of the molecule is c1ccc(-c2ccc(-n3c4ccccc4c4cc(-c5cccc(-c6ccc(N(c7ccc(-c8cccc9ccccc89)cc7)c7ccc8c(c7)C(c7ccccc7)(c7ccccc7)c7ccccc7-8)cc6)c5)ccc43)cc2)cc1. The van der Waals surface area contributed by atoms with E-state index in [2.05, 4.69) is 325 Å². The fourth-order valence-corrected chi connectivity index (χ4v) is 12.8. The Balaban J connectivity index is 0.823. The summed E-state index contributed by atoms with van der Waals surface area (Å²) >= 11 is 0. The zero-order chi connectivity index (χ0) is 52.3. The molecule has 14 aromatic rings. The number of anilines is 3. The van der Waals surface area contributed by atoms with E-state index < -0.39 is 5.41 Å². The van der Waals surface area contributed by atoms with Crippen molar-refractivity contribution in [3.63, 3.8) is 0 Å². The first kappa shape index (κ1) is 46.1. The van der Waals surface area contributed by atoms with Gasteiger partial charge in [0.15, 0.2) is 0 Å². The van der Waals surface area contributed by atoms with E-state index in [0.717, 1.165) is 28.3 Å². The van der Waals surface area contributed by atoms with Gasteiger partial charge in [-0.15, -0.1) is 0 Å². The molecule has 0 radical (unpaired) electrons. The van der Waals surface area contributed by atoms with E-state index >= 15 is 0 Å². The average molecular weight is 1010 g/mol. The molecule has 0 saturated heterocycles. The van der Waals surface area contributed by atoms with Gasteiger partial charge in [0.05, 0.1) is 16.4 Å². The Bertz CT molecular complexity index is 4510. The molecule has 1 heterocycles. The number of hydrogen-bond acceptors (Lipinski definition) is 1. The van der Waals surface area contributed by atoms with Gasteiger partial charge in [0.2, 0.25) is 0 Å². The molecule has 0 atom stereocenters. The molecule has 1 aliphatic carbocycles. The maximum Gasteiger partial charge on any atom is 0.0714 e. The predicted molar refractivity (Wildman–Crippen MR) is 332 cm³/mol. The molecule has 0 fully saturated rings. The Hall–Kier alpha value is -10.3. The second kappa shape index (κ2) is 19.1. The third kappa shape index (κ3) is 7.71. The van der Waals surface area contributed by atoms with Gasteiger partial charge in [-0.2, -0.15) is 0 Å². The Morgan fingerprint density at radius 2 is 0.722 bits per heavy atom. The number of benzene rings is 13. The topological polar surface area (TPSA) is 8.17 Å². The highest BCUT2D eigenvalue weighted by Gasteiger charge is 2.46. The Morgan fingerprint density at radius 1 is 0.253 bits per heavy atom. The fraction of sp³-hybridized carbons (Fsp3) is 0.0130. The highest BCUT2D eigenvalue weighted by molar-refractivity contribution is 6.10. The van der Waals surface area contributed by atoms with E-state index in [1.54, 1.807) is 0 Å². The maximum absolute atomic E-state index is 2.46. The molecular weight excluding hydrogens is 953 g/mol. The van der Waals surface area contributed by atoms with Crippen LogP contribution in [0.25, 0.3) is 93.9 Å². The summed E-state index contributed by atoms with van der Waals surface area (Å²) in [6.07, 6.45) is 0. The quantitative estimate of drug-likeness (QED) is 0.133. The van der Waals surface area contributed by atoms with E-state index in [-0.39, 0.29) is 0 Å². The summed E-state index contributed by atoms with van der Waals surface area (Å²) in [6, 6.07) is 116. The monoisotopic (exact) mass is 1000 g/mol. The molecule has 15 rings (SSSR count). The average Bonchev–Trinajstić information content (AvgIpc) is 4.19. The summed E-state index contributed by atoms with van der Waals surface area (Å²) in [4.78, 5) is 2.43. The zero-order valence-electron chi connectivity index (χ0n) is 43.4. The first-order valence-electron chi connectivity index (χ1n) is 27.3. The minimum atomic E-state index is -0.528. The second-order valence-corrected chi connectivity index (χ2v) is 20.8. The van der Waals surface area contributed by atoms with Gasteiger partial charge in [0, 0.05) is 33.5 Å². The van der Waals surface area contributed by atoms with Crippen molar-refractivity contribution in [1.82, 2.24) is 4.57 Å². The van der Waals surface area contributed by atoms with E-state index in [9.17, 15) is 0 Å². The molecule has 0 unspecified atom stereocenters. The van der Waals surface area contributed by atoms with Gasteiger partial charge in [-0.25, -0.2) is 0 Å². The fourth-order valence-electron chi connectivity index (χ4n) is 12.8. The molecular formula is C77H52N2. The van der Waals surface area contributed by atoms with Crippen molar-refractivity contribution >= 4 is 49.6 Å². The normalized spacial score (nSPS) is 12.4. The highest BCUT2D eigenvalue weighted by atomic mass is 15.1. The number of hydrogen-bond donors (Lipinski definition) is 0. The van der Waals surface area contributed by atoms with Crippen LogP contribution in [0.5, 0.6) is 0 Å². The van der Waals surface area contributed by atoms with E-state index in [1.165, 1.54) is 105 Å². The van der Waals surface area contributed by atoms with Crippen molar-refractivity contribution in [2.75, 3.05) is 4.90 Å².